The molecular formula is C22H15ClFNO. The Bertz CT molecular complexity index is 957. The summed E-state index contributed by atoms with van der Waals surface area (Å²) in [6, 6.07) is 23.0. The van der Waals surface area contributed by atoms with Gasteiger partial charge in [-0.15, -0.1) is 0 Å². The van der Waals surface area contributed by atoms with Gasteiger partial charge in [-0.3, -0.25) is 0 Å². The number of nitrogens with zero attached hydrogens (tertiary/aromatic N) is 1. The molecule has 0 spiro atoms. The highest BCUT2D eigenvalue weighted by atomic mass is 35.5. The minimum absolute atomic E-state index is 0.271. The minimum atomic E-state index is -0.271. The van der Waals surface area contributed by atoms with E-state index < -0.39 is 0 Å². The maximum atomic E-state index is 12.9. The van der Waals surface area contributed by atoms with Crippen molar-refractivity contribution in [3.63, 3.8) is 0 Å². The van der Waals surface area contributed by atoms with Crippen molar-refractivity contribution in [1.82, 2.24) is 0 Å². The summed E-state index contributed by atoms with van der Waals surface area (Å²) in [6.07, 6.45) is 1.80. The van der Waals surface area contributed by atoms with E-state index in [9.17, 15) is 9.65 Å². The van der Waals surface area contributed by atoms with Gasteiger partial charge in [0.15, 0.2) is 0 Å². The van der Waals surface area contributed by atoms with Crippen LogP contribution in [0.3, 0.4) is 0 Å². The number of hydrogen-bond acceptors (Lipinski definition) is 2. The number of halogens is 2. The maximum absolute atomic E-state index is 12.9. The SMILES string of the molecule is N#C/C(=C\c1cccc(OCc2ccc(F)cc2)c1)c1ccc(Cl)cc1. The summed E-state index contributed by atoms with van der Waals surface area (Å²) in [6.45, 7) is 0.343. The molecule has 3 rings (SSSR count). The van der Waals surface area contributed by atoms with Crippen LogP contribution in [-0.4, -0.2) is 0 Å². The molecule has 0 amide bonds. The maximum Gasteiger partial charge on any atom is 0.123 e. The molecule has 0 bridgehead atoms. The lowest BCUT2D eigenvalue weighted by Gasteiger charge is -2.07. The Kier molecular flexibility index (Phi) is 5.68. The number of benzene rings is 3. The third-order valence-electron chi connectivity index (χ3n) is 3.76. The van der Waals surface area contributed by atoms with Crippen molar-refractivity contribution in [2.45, 2.75) is 6.61 Å². The second kappa shape index (κ2) is 8.33. The van der Waals surface area contributed by atoms with Gasteiger partial charge in [0.25, 0.3) is 0 Å². The zero-order chi connectivity index (χ0) is 18.4. The van der Waals surface area contributed by atoms with E-state index in [1.54, 1.807) is 30.3 Å². The van der Waals surface area contributed by atoms with Crippen LogP contribution in [0.4, 0.5) is 4.39 Å². The molecule has 26 heavy (non-hydrogen) atoms. The lowest BCUT2D eigenvalue weighted by atomic mass is 10.0. The van der Waals surface area contributed by atoms with Gasteiger partial charge in [0.1, 0.15) is 18.2 Å². The van der Waals surface area contributed by atoms with E-state index >= 15 is 0 Å². The summed E-state index contributed by atoms with van der Waals surface area (Å²) >= 11 is 5.89. The third-order valence-corrected chi connectivity index (χ3v) is 4.02. The number of nitriles is 1. The first kappa shape index (κ1) is 17.7. The van der Waals surface area contributed by atoms with Crippen LogP contribution in [0.5, 0.6) is 5.75 Å². The molecule has 0 saturated heterocycles. The molecule has 0 heterocycles. The van der Waals surface area contributed by atoms with Crippen LogP contribution >= 0.6 is 11.6 Å². The predicted molar refractivity (Wildman–Crippen MR) is 102 cm³/mol. The zero-order valence-corrected chi connectivity index (χ0v) is 14.6. The van der Waals surface area contributed by atoms with E-state index in [-0.39, 0.29) is 5.82 Å². The number of rotatable bonds is 5. The van der Waals surface area contributed by atoms with Crippen molar-refractivity contribution in [2.75, 3.05) is 0 Å². The molecule has 3 aromatic carbocycles. The van der Waals surface area contributed by atoms with Gasteiger partial charge < -0.3 is 4.74 Å². The highest BCUT2D eigenvalue weighted by Gasteiger charge is 2.03. The fourth-order valence-corrected chi connectivity index (χ4v) is 2.54. The molecule has 0 aliphatic heterocycles. The quantitative estimate of drug-likeness (QED) is 0.404. The fourth-order valence-electron chi connectivity index (χ4n) is 2.42. The second-order valence-corrected chi connectivity index (χ2v) is 6.10. The van der Waals surface area contributed by atoms with Crippen molar-refractivity contribution in [2.24, 2.45) is 0 Å². The standard InChI is InChI=1S/C22H15ClFNO/c23-20-8-6-18(7-9-20)19(14-25)12-17-2-1-3-22(13-17)26-15-16-4-10-21(24)11-5-16/h1-13H,15H2/b19-12+. The molecule has 0 N–H and O–H groups in total. The van der Waals surface area contributed by atoms with Gasteiger partial charge in [-0.25, -0.2) is 4.39 Å². The van der Waals surface area contributed by atoms with Gasteiger partial charge >= 0.3 is 0 Å². The molecule has 0 aliphatic carbocycles. The second-order valence-electron chi connectivity index (χ2n) is 5.66. The zero-order valence-electron chi connectivity index (χ0n) is 13.8. The van der Waals surface area contributed by atoms with Gasteiger partial charge in [0.2, 0.25) is 0 Å². The van der Waals surface area contributed by atoms with Crippen molar-refractivity contribution < 1.29 is 9.13 Å². The van der Waals surface area contributed by atoms with Crippen LogP contribution in [0.2, 0.25) is 5.02 Å². The number of allylic oxidation sites excluding steroid dienone is 1. The molecule has 128 valence electrons. The van der Waals surface area contributed by atoms with Crippen molar-refractivity contribution in [3.05, 3.63) is 100 Å². The summed E-state index contributed by atoms with van der Waals surface area (Å²) in [7, 11) is 0. The van der Waals surface area contributed by atoms with E-state index in [2.05, 4.69) is 6.07 Å². The summed E-state index contributed by atoms with van der Waals surface area (Å²) in [4.78, 5) is 0. The Morgan fingerprint density at radius 1 is 1.04 bits per heavy atom. The molecule has 2 nitrogen and oxygen atoms in total. The molecule has 0 unspecified atom stereocenters. The largest absolute Gasteiger partial charge is 0.489 e. The van der Waals surface area contributed by atoms with E-state index in [1.807, 2.05) is 36.4 Å². The van der Waals surface area contributed by atoms with E-state index in [4.69, 9.17) is 16.3 Å². The van der Waals surface area contributed by atoms with Crippen LogP contribution in [0, 0.1) is 17.1 Å². The molecule has 0 radical (unpaired) electrons. The van der Waals surface area contributed by atoms with Crippen LogP contribution in [0.25, 0.3) is 11.6 Å². The molecule has 0 aromatic heterocycles. The Balaban J connectivity index is 1.76. The van der Waals surface area contributed by atoms with Crippen LogP contribution in [0.15, 0.2) is 72.8 Å². The first-order valence-electron chi connectivity index (χ1n) is 7.99. The Hall–Kier alpha value is -3.09. The van der Waals surface area contributed by atoms with Crippen molar-refractivity contribution in [1.29, 1.82) is 5.26 Å². The monoisotopic (exact) mass is 363 g/mol. The predicted octanol–water partition coefficient (Wildman–Crippen LogP) is 6.12. The third kappa shape index (κ3) is 4.72. The lowest BCUT2D eigenvalue weighted by Crippen LogP contribution is -1.95. The molecule has 0 aliphatic rings. The molecule has 0 fully saturated rings. The first-order chi connectivity index (χ1) is 12.6. The molecular weight excluding hydrogens is 349 g/mol. The topological polar surface area (TPSA) is 33.0 Å². The number of hydrogen-bond donors (Lipinski definition) is 0. The summed E-state index contributed by atoms with van der Waals surface area (Å²) < 4.78 is 18.7. The summed E-state index contributed by atoms with van der Waals surface area (Å²) in [5, 5.41) is 10.1. The van der Waals surface area contributed by atoms with Crippen molar-refractivity contribution in [3.8, 4) is 11.8 Å². The lowest BCUT2D eigenvalue weighted by molar-refractivity contribution is 0.306. The first-order valence-corrected chi connectivity index (χ1v) is 8.37. The summed E-state index contributed by atoms with van der Waals surface area (Å²) in [5.41, 5.74) is 3.08. The van der Waals surface area contributed by atoms with E-state index in [0.717, 1.165) is 16.7 Å². The van der Waals surface area contributed by atoms with Crippen LogP contribution in [0.1, 0.15) is 16.7 Å². The van der Waals surface area contributed by atoms with Gasteiger partial charge in [0.05, 0.1) is 11.6 Å². The average Bonchev–Trinajstić information content (AvgIpc) is 2.67. The molecule has 4 heteroatoms. The normalized spacial score (nSPS) is 11.0. The number of ether oxygens (including phenoxy) is 1. The van der Waals surface area contributed by atoms with Crippen LogP contribution in [-0.2, 0) is 6.61 Å². The highest BCUT2D eigenvalue weighted by Crippen LogP contribution is 2.22. The molecule has 0 atom stereocenters. The Labute approximate surface area is 156 Å². The molecule has 3 aromatic rings. The minimum Gasteiger partial charge on any atom is -0.489 e. The van der Waals surface area contributed by atoms with E-state index in [1.165, 1.54) is 12.1 Å². The van der Waals surface area contributed by atoms with Gasteiger partial charge in [-0.05, 0) is 59.2 Å². The van der Waals surface area contributed by atoms with Gasteiger partial charge in [-0.2, -0.15) is 5.26 Å². The Morgan fingerprint density at radius 2 is 1.77 bits per heavy atom. The summed E-state index contributed by atoms with van der Waals surface area (Å²) in [5.74, 6) is 0.406. The molecule has 0 saturated carbocycles. The van der Waals surface area contributed by atoms with E-state index in [0.29, 0.717) is 23.0 Å². The van der Waals surface area contributed by atoms with Crippen molar-refractivity contribution >= 4 is 23.3 Å². The highest BCUT2D eigenvalue weighted by molar-refractivity contribution is 6.30. The van der Waals surface area contributed by atoms with Gasteiger partial charge in [-0.1, -0.05) is 48.0 Å². The van der Waals surface area contributed by atoms with Gasteiger partial charge in [0, 0.05) is 5.02 Å². The smallest absolute Gasteiger partial charge is 0.123 e. The Morgan fingerprint density at radius 3 is 2.46 bits per heavy atom. The fraction of sp³-hybridized carbons (Fsp3) is 0.0455. The average molecular weight is 364 g/mol. The van der Waals surface area contributed by atoms with Crippen LogP contribution < -0.4 is 4.74 Å².